The molecule has 0 unspecified atom stereocenters. The molecule has 21 heavy (non-hydrogen) atoms. The molecule has 0 atom stereocenters. The highest BCUT2D eigenvalue weighted by Gasteiger charge is 2.32. The standard InChI is InChI=1S/C13H8ClF3N2O2/c14-7-1-2-9(12(20)21)10(5-7)19-8-3-4-18-11(6-8)13(15,16)17/h1-6H,(H,18,19)(H,20,21). The zero-order chi connectivity index (χ0) is 15.6. The second-order valence-corrected chi connectivity index (χ2v) is 4.48. The predicted molar refractivity (Wildman–Crippen MR) is 70.9 cm³/mol. The lowest BCUT2D eigenvalue weighted by Crippen LogP contribution is -2.08. The van der Waals surface area contributed by atoms with Gasteiger partial charge in [-0.25, -0.2) is 4.79 Å². The number of rotatable bonds is 3. The molecule has 110 valence electrons. The number of anilines is 2. The van der Waals surface area contributed by atoms with Crippen molar-refractivity contribution in [1.29, 1.82) is 0 Å². The zero-order valence-corrected chi connectivity index (χ0v) is 11.0. The summed E-state index contributed by atoms with van der Waals surface area (Å²) in [6.45, 7) is 0. The Morgan fingerprint density at radius 3 is 2.57 bits per heavy atom. The van der Waals surface area contributed by atoms with Crippen LogP contribution in [0.1, 0.15) is 16.1 Å². The van der Waals surface area contributed by atoms with Crippen LogP contribution in [0.3, 0.4) is 0 Å². The highest BCUT2D eigenvalue weighted by atomic mass is 35.5. The van der Waals surface area contributed by atoms with Gasteiger partial charge in [-0.1, -0.05) is 11.6 Å². The lowest BCUT2D eigenvalue weighted by atomic mass is 10.1. The van der Waals surface area contributed by atoms with E-state index in [1.54, 1.807) is 0 Å². The number of carbonyl (C=O) groups is 1. The molecule has 2 N–H and O–H groups in total. The van der Waals surface area contributed by atoms with Gasteiger partial charge < -0.3 is 10.4 Å². The van der Waals surface area contributed by atoms with Crippen molar-refractivity contribution in [3.63, 3.8) is 0 Å². The van der Waals surface area contributed by atoms with Crippen LogP contribution >= 0.6 is 11.6 Å². The number of aromatic carboxylic acids is 1. The van der Waals surface area contributed by atoms with Crippen LogP contribution in [-0.4, -0.2) is 16.1 Å². The highest BCUT2D eigenvalue weighted by Crippen LogP contribution is 2.30. The Hall–Kier alpha value is -2.28. The molecule has 1 heterocycles. The summed E-state index contributed by atoms with van der Waals surface area (Å²) in [5.74, 6) is -1.22. The van der Waals surface area contributed by atoms with Gasteiger partial charge in [0, 0.05) is 16.9 Å². The first-order valence-electron chi connectivity index (χ1n) is 5.60. The molecule has 0 bridgehead atoms. The van der Waals surface area contributed by atoms with Gasteiger partial charge in [-0.05, 0) is 30.3 Å². The lowest BCUT2D eigenvalue weighted by molar-refractivity contribution is -0.141. The quantitative estimate of drug-likeness (QED) is 0.891. The third kappa shape index (κ3) is 3.63. The number of carboxylic acid groups (broad SMARTS) is 1. The van der Waals surface area contributed by atoms with Crippen LogP contribution in [-0.2, 0) is 6.18 Å². The minimum atomic E-state index is -4.58. The molecule has 4 nitrogen and oxygen atoms in total. The minimum Gasteiger partial charge on any atom is -0.478 e. The number of nitrogens with one attached hydrogen (secondary N) is 1. The SMILES string of the molecule is O=C(O)c1ccc(Cl)cc1Nc1ccnc(C(F)(F)F)c1. The summed E-state index contributed by atoms with van der Waals surface area (Å²) in [7, 11) is 0. The van der Waals surface area contributed by atoms with E-state index in [0.717, 1.165) is 12.3 Å². The van der Waals surface area contributed by atoms with Crippen LogP contribution in [0, 0.1) is 0 Å². The van der Waals surface area contributed by atoms with Crippen LogP contribution in [0.4, 0.5) is 24.5 Å². The van der Waals surface area contributed by atoms with Gasteiger partial charge in [0.05, 0.1) is 11.3 Å². The second kappa shape index (κ2) is 5.61. The average Bonchev–Trinajstić information content (AvgIpc) is 2.37. The van der Waals surface area contributed by atoms with Crippen molar-refractivity contribution in [3.05, 3.63) is 52.8 Å². The third-order valence-electron chi connectivity index (χ3n) is 2.54. The first kappa shape index (κ1) is 15.1. The summed E-state index contributed by atoms with van der Waals surface area (Å²) in [5.41, 5.74) is -1.03. The van der Waals surface area contributed by atoms with E-state index >= 15 is 0 Å². The van der Waals surface area contributed by atoms with Crippen molar-refractivity contribution < 1.29 is 23.1 Å². The number of alkyl halides is 3. The van der Waals surface area contributed by atoms with Gasteiger partial charge >= 0.3 is 12.1 Å². The Morgan fingerprint density at radius 2 is 1.95 bits per heavy atom. The Morgan fingerprint density at radius 1 is 1.24 bits per heavy atom. The van der Waals surface area contributed by atoms with E-state index in [1.165, 1.54) is 24.3 Å². The van der Waals surface area contributed by atoms with Gasteiger partial charge in [-0.2, -0.15) is 13.2 Å². The molecule has 1 aromatic heterocycles. The molecule has 0 saturated heterocycles. The number of benzene rings is 1. The molecule has 8 heteroatoms. The van der Waals surface area contributed by atoms with Gasteiger partial charge in [-0.3, -0.25) is 4.98 Å². The maximum atomic E-state index is 12.6. The van der Waals surface area contributed by atoms with Gasteiger partial charge in [0.2, 0.25) is 0 Å². The Bertz CT molecular complexity index is 689. The Labute approximate surface area is 122 Å². The van der Waals surface area contributed by atoms with Crippen molar-refractivity contribution in [2.45, 2.75) is 6.18 Å². The van der Waals surface area contributed by atoms with Crippen LogP contribution < -0.4 is 5.32 Å². The second-order valence-electron chi connectivity index (χ2n) is 4.05. The third-order valence-corrected chi connectivity index (χ3v) is 2.78. The van der Waals surface area contributed by atoms with E-state index in [0.29, 0.717) is 0 Å². The number of hydrogen-bond donors (Lipinski definition) is 2. The molecule has 0 saturated carbocycles. The zero-order valence-electron chi connectivity index (χ0n) is 10.3. The van der Waals surface area contributed by atoms with E-state index < -0.39 is 17.8 Å². The molecule has 0 aliphatic rings. The summed E-state index contributed by atoms with van der Waals surface area (Å²) in [6, 6.07) is 6.04. The summed E-state index contributed by atoms with van der Waals surface area (Å²) >= 11 is 5.77. The number of pyridine rings is 1. The topological polar surface area (TPSA) is 62.2 Å². The molecule has 2 aromatic rings. The van der Waals surface area contributed by atoms with Crippen LogP contribution in [0.25, 0.3) is 0 Å². The molecule has 0 aliphatic carbocycles. The van der Waals surface area contributed by atoms with Crippen LogP contribution in [0.2, 0.25) is 5.02 Å². The number of halogens is 4. The molecule has 0 spiro atoms. The Kier molecular flexibility index (Phi) is 4.04. The van der Waals surface area contributed by atoms with Crippen molar-refractivity contribution in [2.24, 2.45) is 0 Å². The van der Waals surface area contributed by atoms with E-state index in [2.05, 4.69) is 10.3 Å². The summed E-state index contributed by atoms with van der Waals surface area (Å²) in [5, 5.41) is 11.9. The lowest BCUT2D eigenvalue weighted by Gasteiger charge is -2.12. The van der Waals surface area contributed by atoms with Crippen molar-refractivity contribution in [2.75, 3.05) is 5.32 Å². The van der Waals surface area contributed by atoms with E-state index in [-0.39, 0.29) is 22.0 Å². The predicted octanol–water partition coefficient (Wildman–Crippen LogP) is 4.20. The molecular weight excluding hydrogens is 309 g/mol. The number of aromatic nitrogens is 1. The number of nitrogens with zero attached hydrogens (tertiary/aromatic N) is 1. The normalized spacial score (nSPS) is 11.2. The number of hydrogen-bond acceptors (Lipinski definition) is 3. The van der Waals surface area contributed by atoms with E-state index in [4.69, 9.17) is 16.7 Å². The Balaban J connectivity index is 2.39. The van der Waals surface area contributed by atoms with Crippen molar-refractivity contribution in [3.8, 4) is 0 Å². The highest BCUT2D eigenvalue weighted by molar-refractivity contribution is 6.31. The molecule has 2 rings (SSSR count). The summed E-state index contributed by atoms with van der Waals surface area (Å²) in [4.78, 5) is 14.3. The molecule has 0 radical (unpaired) electrons. The van der Waals surface area contributed by atoms with E-state index in [9.17, 15) is 18.0 Å². The van der Waals surface area contributed by atoms with Crippen LogP contribution in [0.5, 0.6) is 0 Å². The molecular formula is C13H8ClF3N2O2. The van der Waals surface area contributed by atoms with Crippen molar-refractivity contribution in [1.82, 2.24) is 4.98 Å². The fraction of sp³-hybridized carbons (Fsp3) is 0.0769. The maximum absolute atomic E-state index is 12.6. The first-order valence-corrected chi connectivity index (χ1v) is 5.98. The van der Waals surface area contributed by atoms with E-state index in [1.807, 2.05) is 0 Å². The van der Waals surface area contributed by atoms with Crippen LogP contribution in [0.15, 0.2) is 36.5 Å². The summed E-state index contributed by atoms with van der Waals surface area (Å²) in [6.07, 6.45) is -3.60. The number of carboxylic acids is 1. The summed E-state index contributed by atoms with van der Waals surface area (Å²) < 4.78 is 37.7. The molecule has 0 amide bonds. The maximum Gasteiger partial charge on any atom is 0.433 e. The van der Waals surface area contributed by atoms with Crippen molar-refractivity contribution >= 4 is 28.9 Å². The molecule has 0 fully saturated rings. The smallest absolute Gasteiger partial charge is 0.433 e. The molecule has 1 aromatic carbocycles. The average molecular weight is 317 g/mol. The van der Waals surface area contributed by atoms with Gasteiger partial charge in [-0.15, -0.1) is 0 Å². The fourth-order valence-corrected chi connectivity index (χ4v) is 1.80. The molecule has 0 aliphatic heterocycles. The van der Waals surface area contributed by atoms with Gasteiger partial charge in [0.15, 0.2) is 0 Å². The van der Waals surface area contributed by atoms with Gasteiger partial charge in [0.1, 0.15) is 5.69 Å². The minimum absolute atomic E-state index is 0.0575. The monoisotopic (exact) mass is 316 g/mol. The van der Waals surface area contributed by atoms with Gasteiger partial charge in [0.25, 0.3) is 0 Å². The largest absolute Gasteiger partial charge is 0.478 e. The first-order chi connectivity index (χ1) is 9.77. The fourth-order valence-electron chi connectivity index (χ4n) is 1.63.